The maximum atomic E-state index is 11.6. The summed E-state index contributed by atoms with van der Waals surface area (Å²) in [5, 5.41) is 9.03. The van der Waals surface area contributed by atoms with Gasteiger partial charge in [0.15, 0.2) is 0 Å². The van der Waals surface area contributed by atoms with Gasteiger partial charge in [-0.1, -0.05) is 6.92 Å². The van der Waals surface area contributed by atoms with Gasteiger partial charge in [-0.25, -0.2) is 0 Å². The number of amides is 2. The van der Waals surface area contributed by atoms with E-state index in [4.69, 9.17) is 10.8 Å². The topological polar surface area (TPSA) is 83.6 Å². The third-order valence-corrected chi connectivity index (χ3v) is 2.89. The monoisotopic (exact) mass is 214 g/mol. The molecular weight excluding hydrogens is 196 g/mol. The highest BCUT2D eigenvalue weighted by atomic mass is 16.3. The standard InChI is InChI=1S/C10H18N2O3/c1-2-8(10(11)15)12-5-7(6-13)3-4-9(12)14/h7-8,13H,2-6H2,1H3,(H2,11,15)/t7?,8-/m0/s1. The number of nitrogens with zero attached hydrogens (tertiary/aromatic N) is 1. The van der Waals surface area contributed by atoms with Crippen molar-refractivity contribution in [3.63, 3.8) is 0 Å². The number of carbonyl (C=O) groups excluding carboxylic acids is 2. The molecule has 3 N–H and O–H groups in total. The van der Waals surface area contributed by atoms with Crippen molar-refractivity contribution < 1.29 is 14.7 Å². The van der Waals surface area contributed by atoms with Crippen LogP contribution in [0.25, 0.3) is 0 Å². The Morgan fingerprint density at radius 1 is 1.73 bits per heavy atom. The maximum absolute atomic E-state index is 11.6. The molecule has 5 nitrogen and oxygen atoms in total. The summed E-state index contributed by atoms with van der Waals surface area (Å²) in [7, 11) is 0. The summed E-state index contributed by atoms with van der Waals surface area (Å²) in [5.74, 6) is -0.425. The average Bonchev–Trinajstić information content (AvgIpc) is 2.21. The lowest BCUT2D eigenvalue weighted by Crippen LogP contribution is -2.52. The van der Waals surface area contributed by atoms with Crippen LogP contribution < -0.4 is 5.73 Å². The van der Waals surface area contributed by atoms with Crippen molar-refractivity contribution in [3.8, 4) is 0 Å². The predicted octanol–water partition coefficient (Wildman–Crippen LogP) is -0.519. The van der Waals surface area contributed by atoms with Crippen molar-refractivity contribution >= 4 is 11.8 Å². The van der Waals surface area contributed by atoms with Gasteiger partial charge >= 0.3 is 0 Å². The zero-order valence-electron chi connectivity index (χ0n) is 8.98. The molecule has 2 atom stereocenters. The number of aliphatic hydroxyl groups excluding tert-OH is 1. The van der Waals surface area contributed by atoms with Gasteiger partial charge in [-0.15, -0.1) is 0 Å². The Balaban J connectivity index is 2.71. The van der Waals surface area contributed by atoms with Gasteiger partial charge in [0.25, 0.3) is 0 Å². The van der Waals surface area contributed by atoms with Gasteiger partial charge in [-0.05, 0) is 12.8 Å². The molecule has 15 heavy (non-hydrogen) atoms. The molecule has 0 aromatic carbocycles. The highest BCUT2D eigenvalue weighted by molar-refractivity contribution is 5.86. The number of primary amides is 1. The summed E-state index contributed by atoms with van der Waals surface area (Å²) in [6.45, 7) is 2.32. The lowest BCUT2D eigenvalue weighted by atomic mass is 9.96. The van der Waals surface area contributed by atoms with Gasteiger partial charge in [0.1, 0.15) is 6.04 Å². The largest absolute Gasteiger partial charge is 0.396 e. The summed E-state index contributed by atoms with van der Waals surface area (Å²) < 4.78 is 0. The maximum Gasteiger partial charge on any atom is 0.240 e. The van der Waals surface area contributed by atoms with Crippen LogP contribution in [0.1, 0.15) is 26.2 Å². The first-order valence-electron chi connectivity index (χ1n) is 5.29. The molecule has 0 aromatic rings. The highest BCUT2D eigenvalue weighted by Crippen LogP contribution is 2.20. The number of likely N-dealkylation sites (tertiary alicyclic amines) is 1. The molecule has 0 saturated carbocycles. The third-order valence-electron chi connectivity index (χ3n) is 2.89. The number of aliphatic hydroxyl groups is 1. The number of hydrogen-bond donors (Lipinski definition) is 2. The van der Waals surface area contributed by atoms with E-state index in [2.05, 4.69) is 0 Å². The fraction of sp³-hybridized carbons (Fsp3) is 0.800. The number of rotatable bonds is 4. The van der Waals surface area contributed by atoms with Crippen LogP contribution in [-0.4, -0.2) is 41.0 Å². The average molecular weight is 214 g/mol. The van der Waals surface area contributed by atoms with E-state index in [-0.39, 0.29) is 18.4 Å². The van der Waals surface area contributed by atoms with Gasteiger partial charge in [0, 0.05) is 25.5 Å². The van der Waals surface area contributed by atoms with Gasteiger partial charge in [0.2, 0.25) is 11.8 Å². The first-order valence-corrected chi connectivity index (χ1v) is 5.29. The van der Waals surface area contributed by atoms with Gasteiger partial charge in [-0.3, -0.25) is 9.59 Å². The van der Waals surface area contributed by atoms with E-state index in [1.165, 1.54) is 4.90 Å². The molecule has 1 saturated heterocycles. The lowest BCUT2D eigenvalue weighted by molar-refractivity contribution is -0.143. The smallest absolute Gasteiger partial charge is 0.240 e. The molecule has 1 heterocycles. The van der Waals surface area contributed by atoms with E-state index in [0.29, 0.717) is 25.8 Å². The van der Waals surface area contributed by atoms with Gasteiger partial charge in [-0.2, -0.15) is 0 Å². The molecule has 86 valence electrons. The number of piperidine rings is 1. The van der Waals surface area contributed by atoms with E-state index in [1.54, 1.807) is 0 Å². The Hall–Kier alpha value is -1.10. The van der Waals surface area contributed by atoms with E-state index >= 15 is 0 Å². The van der Waals surface area contributed by atoms with Crippen LogP contribution >= 0.6 is 0 Å². The molecule has 0 bridgehead atoms. The Morgan fingerprint density at radius 2 is 2.40 bits per heavy atom. The molecule has 5 heteroatoms. The molecule has 0 aliphatic carbocycles. The first-order chi connectivity index (χ1) is 7.10. The van der Waals surface area contributed by atoms with Crippen LogP contribution in [0.2, 0.25) is 0 Å². The zero-order valence-corrected chi connectivity index (χ0v) is 8.98. The van der Waals surface area contributed by atoms with Crippen molar-refractivity contribution in [3.05, 3.63) is 0 Å². The van der Waals surface area contributed by atoms with Crippen molar-refractivity contribution in [1.29, 1.82) is 0 Å². The quantitative estimate of drug-likeness (QED) is 0.660. The third kappa shape index (κ3) is 2.68. The second kappa shape index (κ2) is 5.11. The summed E-state index contributed by atoms with van der Waals surface area (Å²) in [4.78, 5) is 24.2. The van der Waals surface area contributed by atoms with Crippen LogP contribution in [0.3, 0.4) is 0 Å². The van der Waals surface area contributed by atoms with Crippen LogP contribution in [0.5, 0.6) is 0 Å². The summed E-state index contributed by atoms with van der Waals surface area (Å²) in [5.41, 5.74) is 5.23. The Labute approximate surface area is 89.2 Å². The Morgan fingerprint density at radius 3 is 2.87 bits per heavy atom. The van der Waals surface area contributed by atoms with Crippen LogP contribution in [0.4, 0.5) is 0 Å². The molecule has 0 radical (unpaired) electrons. The Kier molecular flexibility index (Phi) is 4.08. The molecule has 1 aliphatic heterocycles. The second-order valence-electron chi connectivity index (χ2n) is 3.96. The summed E-state index contributed by atoms with van der Waals surface area (Å²) in [6.07, 6.45) is 1.62. The van der Waals surface area contributed by atoms with Crippen LogP contribution in [-0.2, 0) is 9.59 Å². The minimum Gasteiger partial charge on any atom is -0.396 e. The van der Waals surface area contributed by atoms with E-state index in [1.807, 2.05) is 6.92 Å². The van der Waals surface area contributed by atoms with E-state index in [0.717, 1.165) is 0 Å². The highest BCUT2D eigenvalue weighted by Gasteiger charge is 2.32. The molecule has 0 aromatic heterocycles. The fourth-order valence-electron chi connectivity index (χ4n) is 1.97. The zero-order chi connectivity index (χ0) is 11.4. The normalized spacial score (nSPS) is 24.0. The summed E-state index contributed by atoms with van der Waals surface area (Å²) >= 11 is 0. The second-order valence-corrected chi connectivity index (χ2v) is 3.96. The van der Waals surface area contributed by atoms with Crippen molar-refractivity contribution in [1.82, 2.24) is 4.90 Å². The minimum absolute atomic E-state index is 0.0367. The number of carbonyl (C=O) groups is 2. The lowest BCUT2D eigenvalue weighted by Gasteiger charge is -2.35. The van der Waals surface area contributed by atoms with E-state index in [9.17, 15) is 9.59 Å². The van der Waals surface area contributed by atoms with Crippen molar-refractivity contribution in [2.45, 2.75) is 32.2 Å². The molecule has 2 amide bonds. The minimum atomic E-state index is -0.521. The van der Waals surface area contributed by atoms with Gasteiger partial charge < -0.3 is 15.7 Å². The fourth-order valence-corrected chi connectivity index (χ4v) is 1.97. The van der Waals surface area contributed by atoms with Crippen LogP contribution in [0.15, 0.2) is 0 Å². The molecule has 1 aliphatic rings. The van der Waals surface area contributed by atoms with Crippen molar-refractivity contribution in [2.75, 3.05) is 13.2 Å². The first kappa shape index (κ1) is 12.0. The molecule has 0 spiro atoms. The number of hydrogen-bond acceptors (Lipinski definition) is 3. The van der Waals surface area contributed by atoms with Crippen molar-refractivity contribution in [2.24, 2.45) is 11.7 Å². The Bertz CT molecular complexity index is 255. The summed E-state index contributed by atoms with van der Waals surface area (Å²) in [6, 6.07) is -0.521. The number of nitrogens with two attached hydrogens (primary N) is 1. The predicted molar refractivity (Wildman–Crippen MR) is 54.8 cm³/mol. The molecule has 1 rings (SSSR count). The molecule has 1 unspecified atom stereocenters. The van der Waals surface area contributed by atoms with Crippen LogP contribution in [0, 0.1) is 5.92 Å². The molecular formula is C10H18N2O3. The van der Waals surface area contributed by atoms with E-state index < -0.39 is 11.9 Å². The SMILES string of the molecule is CC[C@@H](C(N)=O)N1CC(CO)CCC1=O. The van der Waals surface area contributed by atoms with Gasteiger partial charge in [0.05, 0.1) is 0 Å². The molecule has 1 fully saturated rings.